The van der Waals surface area contributed by atoms with Gasteiger partial charge in [0, 0.05) is 17.5 Å². The molecule has 26 heavy (non-hydrogen) atoms. The number of phenolic OH excluding ortho intramolecular Hbond substituents is 1. The fourth-order valence-electron chi connectivity index (χ4n) is 2.83. The maximum absolute atomic E-state index is 12.6. The van der Waals surface area contributed by atoms with Gasteiger partial charge >= 0.3 is 5.97 Å². The van der Waals surface area contributed by atoms with E-state index in [0.29, 0.717) is 0 Å². The van der Waals surface area contributed by atoms with Gasteiger partial charge in [0.25, 0.3) is 5.91 Å². The van der Waals surface area contributed by atoms with E-state index >= 15 is 0 Å². The smallest absolute Gasteiger partial charge is 0.306 e. The number of hydrogen-bond donors (Lipinski definition) is 2. The van der Waals surface area contributed by atoms with Gasteiger partial charge in [0.1, 0.15) is 23.5 Å². The van der Waals surface area contributed by atoms with Crippen molar-refractivity contribution in [2.24, 2.45) is 5.73 Å². The van der Waals surface area contributed by atoms with Crippen LogP contribution in [0.4, 0.5) is 0 Å². The average molecular weight is 359 g/mol. The van der Waals surface area contributed by atoms with Gasteiger partial charge < -0.3 is 20.5 Å². The summed E-state index contributed by atoms with van der Waals surface area (Å²) in [5.74, 6) is -2.01. The molecule has 1 aliphatic heterocycles. The highest BCUT2D eigenvalue weighted by molar-refractivity contribution is 6.02. The lowest BCUT2D eigenvalue weighted by Crippen LogP contribution is -2.45. The van der Waals surface area contributed by atoms with E-state index in [1.54, 1.807) is 20.8 Å². The first kappa shape index (κ1) is 19.2. The third kappa shape index (κ3) is 3.94. The number of esters is 1. The average Bonchev–Trinajstić information content (AvgIpc) is 2.84. The van der Waals surface area contributed by atoms with Gasteiger partial charge in [-0.2, -0.15) is 5.26 Å². The van der Waals surface area contributed by atoms with Crippen LogP contribution in [0.25, 0.3) is 0 Å². The van der Waals surface area contributed by atoms with Gasteiger partial charge in [-0.05, 0) is 39.3 Å². The molecule has 138 valence electrons. The highest BCUT2D eigenvalue weighted by Gasteiger charge is 2.37. The van der Waals surface area contributed by atoms with Crippen LogP contribution in [0.2, 0.25) is 0 Å². The molecule has 1 atom stereocenters. The number of nitriles is 1. The Morgan fingerprint density at radius 1 is 1.42 bits per heavy atom. The molecule has 2 amide bonds. The Hall–Kier alpha value is -3.08. The van der Waals surface area contributed by atoms with Gasteiger partial charge in [-0.3, -0.25) is 14.4 Å². The maximum Gasteiger partial charge on any atom is 0.306 e. The van der Waals surface area contributed by atoms with Crippen LogP contribution in [0, 0.1) is 11.3 Å². The molecule has 0 aromatic heterocycles. The molecule has 0 fully saturated rings. The van der Waals surface area contributed by atoms with Crippen LogP contribution in [0.15, 0.2) is 12.1 Å². The monoisotopic (exact) mass is 359 g/mol. The number of aromatic hydroxyl groups is 1. The summed E-state index contributed by atoms with van der Waals surface area (Å²) in [6, 6.07) is 3.59. The molecular weight excluding hydrogens is 338 g/mol. The molecular formula is C18H21N3O5. The van der Waals surface area contributed by atoms with E-state index in [1.165, 1.54) is 17.0 Å². The molecule has 0 spiro atoms. The molecule has 8 nitrogen and oxygen atoms in total. The molecule has 0 bridgehead atoms. The van der Waals surface area contributed by atoms with Gasteiger partial charge in [0.05, 0.1) is 12.1 Å². The number of nitrogens with two attached hydrogens (primary N) is 1. The predicted molar refractivity (Wildman–Crippen MR) is 90.8 cm³/mol. The third-order valence-corrected chi connectivity index (χ3v) is 3.97. The van der Waals surface area contributed by atoms with E-state index in [1.807, 2.05) is 6.07 Å². The van der Waals surface area contributed by atoms with Crippen molar-refractivity contribution in [3.05, 3.63) is 28.8 Å². The minimum atomic E-state index is -1.02. The highest BCUT2D eigenvalue weighted by Crippen LogP contribution is 2.34. The number of phenols is 1. The number of amides is 2. The number of fused-ring (bicyclic) bond motifs is 1. The summed E-state index contributed by atoms with van der Waals surface area (Å²) in [6.45, 7) is 5.13. The van der Waals surface area contributed by atoms with Crippen molar-refractivity contribution >= 4 is 17.8 Å². The minimum Gasteiger partial charge on any atom is -0.506 e. The van der Waals surface area contributed by atoms with Gasteiger partial charge in [-0.15, -0.1) is 0 Å². The van der Waals surface area contributed by atoms with Crippen molar-refractivity contribution in [1.29, 1.82) is 5.26 Å². The van der Waals surface area contributed by atoms with Crippen molar-refractivity contribution in [2.75, 3.05) is 0 Å². The molecule has 0 unspecified atom stereocenters. The summed E-state index contributed by atoms with van der Waals surface area (Å²) in [5.41, 5.74) is 5.30. The lowest BCUT2D eigenvalue weighted by molar-refractivity contribution is -0.155. The summed E-state index contributed by atoms with van der Waals surface area (Å²) in [5, 5.41) is 19.1. The van der Waals surface area contributed by atoms with Crippen LogP contribution < -0.4 is 5.73 Å². The zero-order valence-corrected chi connectivity index (χ0v) is 14.9. The Labute approximate surface area is 151 Å². The van der Waals surface area contributed by atoms with Crippen molar-refractivity contribution in [1.82, 2.24) is 4.90 Å². The summed E-state index contributed by atoms with van der Waals surface area (Å²) >= 11 is 0. The molecule has 1 aromatic carbocycles. The molecule has 8 heteroatoms. The summed E-state index contributed by atoms with van der Waals surface area (Å²) in [4.78, 5) is 37.5. The second-order valence-electron chi connectivity index (χ2n) is 7.08. The van der Waals surface area contributed by atoms with Crippen molar-refractivity contribution in [3.63, 3.8) is 0 Å². The predicted octanol–water partition coefficient (Wildman–Crippen LogP) is 1.20. The molecule has 1 heterocycles. The fraction of sp³-hybridized carbons (Fsp3) is 0.444. The molecule has 0 radical (unpaired) electrons. The lowest BCUT2D eigenvalue weighted by Gasteiger charge is -2.25. The lowest BCUT2D eigenvalue weighted by atomic mass is 10.1. The van der Waals surface area contributed by atoms with E-state index in [4.69, 9.17) is 15.7 Å². The molecule has 0 saturated heterocycles. The Balaban J connectivity index is 2.18. The Morgan fingerprint density at radius 2 is 2.08 bits per heavy atom. The second-order valence-corrected chi connectivity index (χ2v) is 7.08. The van der Waals surface area contributed by atoms with Crippen molar-refractivity contribution in [3.8, 4) is 11.8 Å². The molecule has 0 saturated carbocycles. The van der Waals surface area contributed by atoms with Crippen LogP contribution in [0.1, 0.15) is 55.1 Å². The number of hydrogen-bond acceptors (Lipinski definition) is 6. The Morgan fingerprint density at radius 3 is 2.62 bits per heavy atom. The topological polar surface area (TPSA) is 134 Å². The third-order valence-electron chi connectivity index (χ3n) is 3.97. The summed E-state index contributed by atoms with van der Waals surface area (Å²) < 4.78 is 5.20. The van der Waals surface area contributed by atoms with Crippen LogP contribution in [0.5, 0.6) is 5.75 Å². The first-order valence-corrected chi connectivity index (χ1v) is 8.12. The fourth-order valence-corrected chi connectivity index (χ4v) is 2.83. The number of carbonyl (C=O) groups is 3. The standard InChI is InChI=1S/C18H21N3O5/c1-18(2,3)26-14(22)7-6-13(16(20)24)21-9-12-11(17(21)25)5-4-10(8-19)15(12)23/h4-5,13,23H,6-7,9H2,1-3H3,(H2,20,24)/t13-/m0/s1. The van der Waals surface area contributed by atoms with E-state index < -0.39 is 29.4 Å². The summed E-state index contributed by atoms with van der Waals surface area (Å²) in [6.07, 6.45) is -0.0731. The van der Waals surface area contributed by atoms with Crippen molar-refractivity contribution < 1.29 is 24.2 Å². The highest BCUT2D eigenvalue weighted by atomic mass is 16.6. The summed E-state index contributed by atoms with van der Waals surface area (Å²) in [7, 11) is 0. The van der Waals surface area contributed by atoms with Gasteiger partial charge in [-0.1, -0.05) is 0 Å². The largest absolute Gasteiger partial charge is 0.506 e. The molecule has 1 aliphatic rings. The number of nitrogens with zero attached hydrogens (tertiary/aromatic N) is 2. The quantitative estimate of drug-likeness (QED) is 0.759. The van der Waals surface area contributed by atoms with Crippen LogP contribution >= 0.6 is 0 Å². The SMILES string of the molecule is CC(C)(C)OC(=O)CC[C@@H](C(N)=O)N1Cc2c(ccc(C#N)c2O)C1=O. The molecule has 3 N–H and O–H groups in total. The number of carbonyl (C=O) groups excluding carboxylic acids is 3. The van der Waals surface area contributed by atoms with Crippen LogP contribution in [-0.4, -0.2) is 39.4 Å². The van der Waals surface area contributed by atoms with E-state index in [0.717, 1.165) is 0 Å². The van der Waals surface area contributed by atoms with Gasteiger partial charge in [0.15, 0.2) is 0 Å². The van der Waals surface area contributed by atoms with E-state index in [2.05, 4.69) is 0 Å². The number of rotatable bonds is 5. The Bertz CT molecular complexity index is 804. The second kappa shape index (κ2) is 7.04. The van der Waals surface area contributed by atoms with Crippen LogP contribution in [0.3, 0.4) is 0 Å². The van der Waals surface area contributed by atoms with Crippen molar-refractivity contribution in [2.45, 2.75) is 51.8 Å². The first-order chi connectivity index (χ1) is 12.0. The first-order valence-electron chi connectivity index (χ1n) is 8.12. The van der Waals surface area contributed by atoms with Crippen LogP contribution in [-0.2, 0) is 20.9 Å². The molecule has 0 aliphatic carbocycles. The molecule has 1 aromatic rings. The van der Waals surface area contributed by atoms with E-state index in [-0.39, 0.29) is 41.8 Å². The Kier molecular flexibility index (Phi) is 5.21. The van der Waals surface area contributed by atoms with Gasteiger partial charge in [0.2, 0.25) is 5.91 Å². The number of primary amides is 1. The zero-order chi connectivity index (χ0) is 19.6. The minimum absolute atomic E-state index is 0.00977. The normalized spacial score (nSPS) is 14.5. The number of benzene rings is 1. The zero-order valence-electron chi connectivity index (χ0n) is 14.9. The maximum atomic E-state index is 12.6. The number of ether oxygens (including phenoxy) is 1. The van der Waals surface area contributed by atoms with E-state index in [9.17, 15) is 19.5 Å². The van der Waals surface area contributed by atoms with Gasteiger partial charge in [-0.25, -0.2) is 0 Å². The molecule has 2 rings (SSSR count).